The maximum atomic E-state index is 5.61. The molecule has 4 rings (SSSR count). The van der Waals surface area contributed by atoms with Crippen LogP contribution in [0.1, 0.15) is 11.3 Å². The SMILES string of the molecule is Cc1c(C=Nc2ccc3c(c2)OCCO3)c2ccccc2n1C. The molecule has 4 heteroatoms. The number of rotatable bonds is 2. The Balaban J connectivity index is 1.73. The molecule has 116 valence electrons. The Morgan fingerprint density at radius 1 is 1.04 bits per heavy atom. The van der Waals surface area contributed by atoms with Crippen LogP contribution in [0, 0.1) is 6.92 Å². The van der Waals surface area contributed by atoms with E-state index >= 15 is 0 Å². The normalized spacial score (nSPS) is 13.8. The summed E-state index contributed by atoms with van der Waals surface area (Å²) in [6.07, 6.45) is 1.93. The van der Waals surface area contributed by atoms with Crippen LogP contribution in [0.15, 0.2) is 47.5 Å². The number of hydrogen-bond donors (Lipinski definition) is 0. The lowest BCUT2D eigenvalue weighted by Gasteiger charge is -2.18. The molecule has 1 aliphatic heterocycles. The molecule has 1 aromatic heterocycles. The average Bonchev–Trinajstić information content (AvgIpc) is 2.84. The first-order valence-corrected chi connectivity index (χ1v) is 7.72. The van der Waals surface area contributed by atoms with Crippen LogP contribution in [0.2, 0.25) is 0 Å². The Hall–Kier alpha value is -2.75. The molecule has 0 aliphatic carbocycles. The van der Waals surface area contributed by atoms with Gasteiger partial charge in [-0.1, -0.05) is 18.2 Å². The molecule has 1 aliphatic rings. The smallest absolute Gasteiger partial charge is 0.163 e. The standard InChI is InChI=1S/C19H18N2O2/c1-13-16(15-5-3-4-6-17(15)21(13)2)12-20-14-7-8-18-19(11-14)23-10-9-22-18/h3-8,11-12H,9-10H2,1-2H3. The van der Waals surface area contributed by atoms with Crippen molar-refractivity contribution in [3.63, 3.8) is 0 Å². The molecular weight excluding hydrogens is 288 g/mol. The van der Waals surface area contributed by atoms with Gasteiger partial charge in [-0.2, -0.15) is 0 Å². The van der Waals surface area contributed by atoms with Crippen molar-refractivity contribution in [2.75, 3.05) is 13.2 Å². The van der Waals surface area contributed by atoms with Crippen LogP contribution in [0.4, 0.5) is 5.69 Å². The molecule has 23 heavy (non-hydrogen) atoms. The minimum atomic E-state index is 0.586. The topological polar surface area (TPSA) is 35.8 Å². The molecule has 0 radical (unpaired) electrons. The maximum absolute atomic E-state index is 5.61. The number of aryl methyl sites for hydroxylation is 1. The summed E-state index contributed by atoms with van der Waals surface area (Å²) in [7, 11) is 2.08. The van der Waals surface area contributed by atoms with Crippen molar-refractivity contribution in [1.82, 2.24) is 4.57 Å². The third kappa shape index (κ3) is 2.36. The number of fused-ring (bicyclic) bond motifs is 2. The number of para-hydroxylation sites is 1. The van der Waals surface area contributed by atoms with E-state index in [1.165, 1.54) is 16.6 Å². The minimum absolute atomic E-state index is 0.586. The second-order valence-corrected chi connectivity index (χ2v) is 5.66. The fourth-order valence-electron chi connectivity index (χ4n) is 2.96. The van der Waals surface area contributed by atoms with Crippen LogP contribution in [0.5, 0.6) is 11.5 Å². The Kier molecular flexibility index (Phi) is 3.30. The summed E-state index contributed by atoms with van der Waals surface area (Å²) in [6.45, 7) is 3.30. The molecule has 0 spiro atoms. The van der Waals surface area contributed by atoms with Crippen LogP contribution in [0.3, 0.4) is 0 Å². The highest BCUT2D eigenvalue weighted by atomic mass is 16.6. The van der Waals surface area contributed by atoms with Gasteiger partial charge in [0.25, 0.3) is 0 Å². The molecule has 3 aromatic rings. The molecule has 0 bridgehead atoms. The molecule has 0 saturated heterocycles. The van der Waals surface area contributed by atoms with Gasteiger partial charge in [-0.25, -0.2) is 0 Å². The summed E-state index contributed by atoms with van der Waals surface area (Å²) in [5, 5.41) is 1.22. The average molecular weight is 306 g/mol. The molecule has 0 saturated carbocycles. The first kappa shape index (κ1) is 13.9. The third-order valence-corrected chi connectivity index (χ3v) is 4.32. The van der Waals surface area contributed by atoms with E-state index in [0.717, 1.165) is 22.7 Å². The second kappa shape index (κ2) is 5.47. The first-order chi connectivity index (χ1) is 11.2. The van der Waals surface area contributed by atoms with Gasteiger partial charge in [0.1, 0.15) is 13.2 Å². The van der Waals surface area contributed by atoms with Gasteiger partial charge in [0.2, 0.25) is 0 Å². The summed E-state index contributed by atoms with van der Waals surface area (Å²) in [4.78, 5) is 4.64. The van der Waals surface area contributed by atoms with E-state index in [2.05, 4.69) is 47.8 Å². The van der Waals surface area contributed by atoms with Gasteiger partial charge in [-0.05, 0) is 25.1 Å². The van der Waals surface area contributed by atoms with E-state index in [9.17, 15) is 0 Å². The summed E-state index contributed by atoms with van der Waals surface area (Å²) >= 11 is 0. The Morgan fingerprint density at radius 2 is 1.83 bits per heavy atom. The van der Waals surface area contributed by atoms with Crippen LogP contribution in [-0.2, 0) is 7.05 Å². The molecule has 4 nitrogen and oxygen atoms in total. The predicted octanol–water partition coefficient (Wildman–Crippen LogP) is 4.01. The first-order valence-electron chi connectivity index (χ1n) is 7.72. The van der Waals surface area contributed by atoms with Gasteiger partial charge in [-0.3, -0.25) is 4.99 Å². The zero-order valence-corrected chi connectivity index (χ0v) is 13.2. The van der Waals surface area contributed by atoms with E-state index in [0.29, 0.717) is 13.2 Å². The third-order valence-electron chi connectivity index (χ3n) is 4.32. The minimum Gasteiger partial charge on any atom is -0.486 e. The number of aromatic nitrogens is 1. The van der Waals surface area contributed by atoms with E-state index in [-0.39, 0.29) is 0 Å². The molecule has 0 atom stereocenters. The lowest BCUT2D eigenvalue weighted by Crippen LogP contribution is -2.14. The van der Waals surface area contributed by atoms with Gasteiger partial charge in [0.15, 0.2) is 11.5 Å². The summed E-state index contributed by atoms with van der Waals surface area (Å²) < 4.78 is 13.3. The number of ether oxygens (including phenoxy) is 2. The van der Waals surface area contributed by atoms with Crippen molar-refractivity contribution in [1.29, 1.82) is 0 Å². The molecule has 2 heterocycles. The number of aliphatic imine (C=N–C) groups is 1. The highest BCUT2D eigenvalue weighted by molar-refractivity contribution is 6.01. The van der Waals surface area contributed by atoms with Crippen LogP contribution < -0.4 is 9.47 Å². The Bertz CT molecular complexity index is 909. The van der Waals surface area contributed by atoms with E-state index in [1.54, 1.807) is 0 Å². The highest BCUT2D eigenvalue weighted by Crippen LogP contribution is 2.33. The number of nitrogens with zero attached hydrogens (tertiary/aromatic N) is 2. The van der Waals surface area contributed by atoms with Crippen molar-refractivity contribution in [2.24, 2.45) is 12.0 Å². The van der Waals surface area contributed by atoms with Crippen molar-refractivity contribution >= 4 is 22.8 Å². The second-order valence-electron chi connectivity index (χ2n) is 5.66. The van der Waals surface area contributed by atoms with Gasteiger partial charge in [0.05, 0.1) is 5.69 Å². The van der Waals surface area contributed by atoms with Crippen molar-refractivity contribution in [3.8, 4) is 11.5 Å². The van der Waals surface area contributed by atoms with E-state index in [4.69, 9.17) is 9.47 Å². The lowest BCUT2D eigenvalue weighted by atomic mass is 10.1. The molecule has 2 aromatic carbocycles. The molecule has 0 amide bonds. The van der Waals surface area contributed by atoms with Gasteiger partial charge >= 0.3 is 0 Å². The van der Waals surface area contributed by atoms with Crippen LogP contribution in [0.25, 0.3) is 10.9 Å². The lowest BCUT2D eigenvalue weighted by molar-refractivity contribution is 0.171. The highest BCUT2D eigenvalue weighted by Gasteiger charge is 2.12. The number of hydrogen-bond acceptors (Lipinski definition) is 3. The van der Waals surface area contributed by atoms with Gasteiger partial charge < -0.3 is 14.0 Å². The van der Waals surface area contributed by atoms with Crippen molar-refractivity contribution in [3.05, 3.63) is 53.7 Å². The zero-order chi connectivity index (χ0) is 15.8. The van der Waals surface area contributed by atoms with E-state index < -0.39 is 0 Å². The van der Waals surface area contributed by atoms with Gasteiger partial charge in [0, 0.05) is 41.5 Å². The summed E-state index contributed by atoms with van der Waals surface area (Å²) in [5.41, 5.74) is 4.43. The Morgan fingerprint density at radius 3 is 2.70 bits per heavy atom. The van der Waals surface area contributed by atoms with Crippen molar-refractivity contribution < 1.29 is 9.47 Å². The number of benzene rings is 2. The summed E-state index contributed by atoms with van der Waals surface area (Å²) in [5.74, 6) is 1.55. The van der Waals surface area contributed by atoms with Crippen LogP contribution in [-0.4, -0.2) is 24.0 Å². The fourth-order valence-corrected chi connectivity index (χ4v) is 2.96. The Labute approximate surface area is 135 Å². The van der Waals surface area contributed by atoms with E-state index in [1.807, 2.05) is 24.4 Å². The maximum Gasteiger partial charge on any atom is 0.163 e. The van der Waals surface area contributed by atoms with Crippen LogP contribution >= 0.6 is 0 Å². The predicted molar refractivity (Wildman–Crippen MR) is 92.3 cm³/mol. The largest absolute Gasteiger partial charge is 0.486 e. The fraction of sp³-hybridized carbons (Fsp3) is 0.211. The molecule has 0 N–H and O–H groups in total. The summed E-state index contributed by atoms with van der Waals surface area (Å²) in [6, 6.07) is 14.2. The monoisotopic (exact) mass is 306 g/mol. The quantitative estimate of drug-likeness (QED) is 0.671. The van der Waals surface area contributed by atoms with Crippen molar-refractivity contribution in [2.45, 2.75) is 6.92 Å². The van der Waals surface area contributed by atoms with Gasteiger partial charge in [-0.15, -0.1) is 0 Å². The molecular formula is C19H18N2O2. The zero-order valence-electron chi connectivity index (χ0n) is 13.2. The molecule has 0 unspecified atom stereocenters. The molecule has 0 fully saturated rings.